The molecule has 0 radical (unpaired) electrons. The van der Waals surface area contributed by atoms with Crippen molar-refractivity contribution in [1.29, 1.82) is 0 Å². The van der Waals surface area contributed by atoms with Gasteiger partial charge < -0.3 is 9.88 Å². The fourth-order valence-electron chi connectivity index (χ4n) is 4.80. The van der Waals surface area contributed by atoms with Crippen LogP contribution in [0.15, 0.2) is 71.9 Å². The van der Waals surface area contributed by atoms with Crippen LogP contribution in [0, 0.1) is 0 Å². The van der Waals surface area contributed by atoms with Crippen molar-refractivity contribution in [2.45, 2.75) is 37.3 Å². The van der Waals surface area contributed by atoms with Crippen LogP contribution in [0.3, 0.4) is 0 Å². The Morgan fingerprint density at radius 1 is 1.09 bits per heavy atom. The summed E-state index contributed by atoms with van der Waals surface area (Å²) >= 11 is 0. The van der Waals surface area contributed by atoms with Gasteiger partial charge in [-0.2, -0.15) is 0 Å². The Hall–Kier alpha value is -4.07. The first-order valence-corrected chi connectivity index (χ1v) is 11.5. The standard InChI is InChI=1S/C26H24N6O2/c1-31-16-27-15-20(25(31)34)17-7-9-19(10-8-17)26(13-14-26)29-24(33)23-28-22-12-11-21(32(22)30-23)18-5-3-2-4-6-18/h2-10,15-16,21H,11-14H2,1H3,(H,29,33). The average molecular weight is 453 g/mol. The number of rotatable bonds is 5. The van der Waals surface area contributed by atoms with Gasteiger partial charge >= 0.3 is 0 Å². The average Bonchev–Trinajstić information content (AvgIpc) is 3.33. The summed E-state index contributed by atoms with van der Waals surface area (Å²) in [5, 5.41) is 7.74. The summed E-state index contributed by atoms with van der Waals surface area (Å²) in [4.78, 5) is 34.1. The van der Waals surface area contributed by atoms with Gasteiger partial charge in [0.05, 0.1) is 23.5 Å². The maximum Gasteiger partial charge on any atom is 0.291 e. The Morgan fingerprint density at radius 3 is 2.59 bits per heavy atom. The van der Waals surface area contributed by atoms with Gasteiger partial charge in [-0.3, -0.25) is 9.59 Å². The number of aryl methyl sites for hydroxylation is 2. The molecule has 34 heavy (non-hydrogen) atoms. The predicted molar refractivity (Wildman–Crippen MR) is 126 cm³/mol. The summed E-state index contributed by atoms with van der Waals surface area (Å²) in [6, 6.07) is 18.1. The quantitative estimate of drug-likeness (QED) is 0.502. The van der Waals surface area contributed by atoms with E-state index in [9.17, 15) is 9.59 Å². The third kappa shape index (κ3) is 3.42. The van der Waals surface area contributed by atoms with Gasteiger partial charge in [0, 0.05) is 19.7 Å². The number of benzene rings is 2. The van der Waals surface area contributed by atoms with Crippen LogP contribution in [-0.4, -0.2) is 30.2 Å². The molecule has 0 bridgehead atoms. The molecule has 8 nitrogen and oxygen atoms in total. The lowest BCUT2D eigenvalue weighted by Crippen LogP contribution is -2.35. The van der Waals surface area contributed by atoms with Crippen molar-refractivity contribution in [3.05, 3.63) is 100 Å². The van der Waals surface area contributed by atoms with Crippen LogP contribution < -0.4 is 10.9 Å². The Morgan fingerprint density at radius 2 is 1.85 bits per heavy atom. The number of carbonyl (C=O) groups excluding carboxylic acids is 1. The molecule has 0 saturated heterocycles. The lowest BCUT2D eigenvalue weighted by atomic mass is 10.0. The Kier molecular flexibility index (Phi) is 4.69. The van der Waals surface area contributed by atoms with Crippen LogP contribution in [0.4, 0.5) is 0 Å². The van der Waals surface area contributed by atoms with Gasteiger partial charge in [0.25, 0.3) is 11.5 Å². The van der Waals surface area contributed by atoms with Crippen molar-refractivity contribution in [2.75, 3.05) is 0 Å². The molecule has 1 fully saturated rings. The van der Waals surface area contributed by atoms with Crippen LogP contribution in [-0.2, 0) is 19.0 Å². The number of nitrogens with one attached hydrogen (secondary N) is 1. The van der Waals surface area contributed by atoms with Crippen molar-refractivity contribution in [1.82, 2.24) is 29.6 Å². The monoisotopic (exact) mass is 452 g/mol. The van der Waals surface area contributed by atoms with E-state index in [0.29, 0.717) is 5.56 Å². The first-order chi connectivity index (χ1) is 16.5. The number of hydrogen-bond donors (Lipinski definition) is 1. The van der Waals surface area contributed by atoms with Gasteiger partial charge in [0.1, 0.15) is 5.82 Å². The minimum Gasteiger partial charge on any atom is -0.340 e. The second-order valence-electron chi connectivity index (χ2n) is 9.10. The highest BCUT2D eigenvalue weighted by Gasteiger charge is 2.46. The van der Waals surface area contributed by atoms with Crippen molar-refractivity contribution in [2.24, 2.45) is 7.05 Å². The summed E-state index contributed by atoms with van der Waals surface area (Å²) in [6.07, 6.45) is 6.53. The van der Waals surface area contributed by atoms with Crippen LogP contribution in [0.25, 0.3) is 11.1 Å². The molecule has 1 amide bonds. The molecule has 1 aliphatic carbocycles. The highest BCUT2D eigenvalue weighted by atomic mass is 16.2. The number of nitrogens with zero attached hydrogens (tertiary/aromatic N) is 5. The molecule has 3 heterocycles. The van der Waals surface area contributed by atoms with Crippen molar-refractivity contribution >= 4 is 5.91 Å². The zero-order chi connectivity index (χ0) is 23.3. The van der Waals surface area contributed by atoms with E-state index in [1.807, 2.05) is 47.1 Å². The molecule has 6 rings (SSSR count). The second kappa shape index (κ2) is 7.76. The lowest BCUT2D eigenvalue weighted by Gasteiger charge is -2.17. The molecular formula is C26H24N6O2. The fourth-order valence-corrected chi connectivity index (χ4v) is 4.80. The van der Waals surface area contributed by atoms with Gasteiger partial charge in [-0.25, -0.2) is 14.6 Å². The summed E-state index contributed by atoms with van der Waals surface area (Å²) in [7, 11) is 1.68. The van der Waals surface area contributed by atoms with E-state index < -0.39 is 5.54 Å². The van der Waals surface area contributed by atoms with Gasteiger partial charge in [0.2, 0.25) is 5.82 Å². The number of aromatic nitrogens is 5. The van der Waals surface area contributed by atoms with E-state index >= 15 is 0 Å². The van der Waals surface area contributed by atoms with Gasteiger partial charge in [0.15, 0.2) is 0 Å². The number of amides is 1. The Labute approximate surface area is 196 Å². The molecule has 1 unspecified atom stereocenters. The van der Waals surface area contributed by atoms with E-state index in [2.05, 4.69) is 32.5 Å². The Bertz CT molecular complexity index is 1430. The van der Waals surface area contributed by atoms with E-state index in [1.165, 1.54) is 16.5 Å². The molecule has 0 spiro atoms. The normalized spacial score (nSPS) is 17.9. The molecule has 2 aromatic carbocycles. The topological polar surface area (TPSA) is 94.7 Å². The zero-order valence-electron chi connectivity index (χ0n) is 18.8. The third-order valence-electron chi connectivity index (χ3n) is 6.87. The van der Waals surface area contributed by atoms with Crippen molar-refractivity contribution in [3.63, 3.8) is 0 Å². The van der Waals surface area contributed by atoms with Gasteiger partial charge in [-0.1, -0.05) is 54.6 Å². The first-order valence-electron chi connectivity index (χ1n) is 11.5. The number of carbonyl (C=O) groups is 1. The molecule has 2 aliphatic rings. The molecule has 170 valence electrons. The highest BCUT2D eigenvalue weighted by molar-refractivity contribution is 5.91. The molecule has 8 heteroatoms. The van der Waals surface area contributed by atoms with Gasteiger partial charge in [-0.15, -0.1) is 5.10 Å². The summed E-state index contributed by atoms with van der Waals surface area (Å²) in [5.74, 6) is 0.819. The lowest BCUT2D eigenvalue weighted by molar-refractivity contribution is 0.0919. The van der Waals surface area contributed by atoms with Crippen molar-refractivity contribution in [3.8, 4) is 11.1 Å². The van der Waals surface area contributed by atoms with Crippen LogP contribution in [0.1, 0.15) is 52.9 Å². The molecule has 1 aliphatic heterocycles. The number of fused-ring (bicyclic) bond motifs is 1. The minimum absolute atomic E-state index is 0.0927. The second-order valence-corrected chi connectivity index (χ2v) is 9.10. The predicted octanol–water partition coefficient (Wildman–Crippen LogP) is 2.99. The van der Waals surface area contributed by atoms with E-state index in [4.69, 9.17) is 0 Å². The minimum atomic E-state index is -0.413. The molecule has 1 atom stereocenters. The van der Waals surface area contributed by atoms with E-state index in [1.54, 1.807) is 13.2 Å². The van der Waals surface area contributed by atoms with Gasteiger partial charge in [-0.05, 0) is 36.0 Å². The largest absolute Gasteiger partial charge is 0.340 e. The summed E-state index contributed by atoms with van der Waals surface area (Å²) < 4.78 is 3.36. The van der Waals surface area contributed by atoms with Crippen LogP contribution in [0.5, 0.6) is 0 Å². The number of hydrogen-bond acceptors (Lipinski definition) is 5. The SMILES string of the molecule is Cn1cncc(-c2ccc(C3(NC(=O)c4nc5n(n4)C(c4ccccc4)CC5)CC3)cc2)c1=O. The first kappa shape index (κ1) is 20.5. The van der Waals surface area contributed by atoms with Crippen LogP contribution >= 0.6 is 0 Å². The maximum atomic E-state index is 13.1. The van der Waals surface area contributed by atoms with E-state index in [-0.39, 0.29) is 23.3 Å². The fraction of sp³-hybridized carbons (Fsp3) is 0.269. The molecular weight excluding hydrogens is 428 g/mol. The summed E-state index contributed by atoms with van der Waals surface area (Å²) in [6.45, 7) is 0. The molecule has 4 aromatic rings. The smallest absolute Gasteiger partial charge is 0.291 e. The van der Waals surface area contributed by atoms with Crippen molar-refractivity contribution < 1.29 is 4.79 Å². The zero-order valence-corrected chi connectivity index (χ0v) is 18.8. The summed E-state index contributed by atoms with van der Waals surface area (Å²) in [5.41, 5.74) is 3.04. The van der Waals surface area contributed by atoms with Crippen LogP contribution in [0.2, 0.25) is 0 Å². The highest BCUT2D eigenvalue weighted by Crippen LogP contribution is 2.46. The van der Waals surface area contributed by atoms with E-state index in [0.717, 1.165) is 42.6 Å². The molecule has 1 N–H and O–H groups in total. The Balaban J connectivity index is 1.21. The maximum absolute atomic E-state index is 13.1. The molecule has 2 aromatic heterocycles. The molecule has 1 saturated carbocycles. The third-order valence-corrected chi connectivity index (χ3v) is 6.87.